The molecule has 0 aromatic carbocycles. The SMILES string of the molecule is CC(N)CCCCNCC1(C)CCOCC1. The summed E-state index contributed by atoms with van der Waals surface area (Å²) in [5.74, 6) is 0. The lowest BCUT2D eigenvalue weighted by molar-refractivity contribution is 0.0242. The highest BCUT2D eigenvalue weighted by Crippen LogP contribution is 2.28. The molecule has 1 heterocycles. The fourth-order valence-corrected chi connectivity index (χ4v) is 2.15. The highest BCUT2D eigenvalue weighted by atomic mass is 16.5. The zero-order chi connectivity index (χ0) is 11.9. The molecule has 0 radical (unpaired) electrons. The molecule has 1 aliphatic heterocycles. The Morgan fingerprint density at radius 2 is 2.00 bits per heavy atom. The lowest BCUT2D eigenvalue weighted by atomic mass is 9.82. The molecule has 1 atom stereocenters. The van der Waals surface area contributed by atoms with Gasteiger partial charge in [0, 0.05) is 25.8 Å². The molecule has 0 saturated carbocycles. The molecule has 0 aliphatic carbocycles. The van der Waals surface area contributed by atoms with E-state index in [9.17, 15) is 0 Å². The Morgan fingerprint density at radius 3 is 2.62 bits per heavy atom. The molecule has 1 saturated heterocycles. The largest absolute Gasteiger partial charge is 0.381 e. The minimum absolute atomic E-state index is 0.355. The molecule has 96 valence electrons. The number of hydrogen-bond acceptors (Lipinski definition) is 3. The van der Waals surface area contributed by atoms with Crippen LogP contribution in [0.2, 0.25) is 0 Å². The third kappa shape index (κ3) is 5.83. The van der Waals surface area contributed by atoms with E-state index >= 15 is 0 Å². The van der Waals surface area contributed by atoms with Crippen molar-refractivity contribution in [1.29, 1.82) is 0 Å². The normalized spacial score (nSPS) is 21.9. The van der Waals surface area contributed by atoms with Crippen molar-refractivity contribution in [3.05, 3.63) is 0 Å². The number of hydrogen-bond donors (Lipinski definition) is 2. The summed E-state index contributed by atoms with van der Waals surface area (Å²) < 4.78 is 5.39. The second kappa shape index (κ2) is 7.25. The Hall–Kier alpha value is -0.120. The summed E-state index contributed by atoms with van der Waals surface area (Å²) in [5.41, 5.74) is 6.17. The van der Waals surface area contributed by atoms with Crippen LogP contribution in [-0.4, -0.2) is 32.3 Å². The van der Waals surface area contributed by atoms with Crippen molar-refractivity contribution in [3.8, 4) is 0 Å². The zero-order valence-corrected chi connectivity index (χ0v) is 10.9. The van der Waals surface area contributed by atoms with Crippen molar-refractivity contribution in [2.75, 3.05) is 26.3 Å². The van der Waals surface area contributed by atoms with Crippen molar-refractivity contribution in [3.63, 3.8) is 0 Å². The van der Waals surface area contributed by atoms with E-state index in [-0.39, 0.29) is 0 Å². The number of rotatable bonds is 7. The van der Waals surface area contributed by atoms with Gasteiger partial charge in [-0.05, 0) is 44.6 Å². The van der Waals surface area contributed by atoms with Crippen molar-refractivity contribution >= 4 is 0 Å². The summed E-state index contributed by atoms with van der Waals surface area (Å²) in [6, 6.07) is 0.355. The molecule has 0 aromatic heterocycles. The van der Waals surface area contributed by atoms with Crippen LogP contribution >= 0.6 is 0 Å². The van der Waals surface area contributed by atoms with Crippen LogP contribution in [0.25, 0.3) is 0 Å². The molecule has 3 heteroatoms. The van der Waals surface area contributed by atoms with Crippen LogP contribution < -0.4 is 11.1 Å². The fraction of sp³-hybridized carbons (Fsp3) is 1.00. The Labute approximate surface area is 100 Å². The molecular formula is C13H28N2O. The van der Waals surface area contributed by atoms with Crippen LogP contribution in [-0.2, 0) is 4.74 Å². The van der Waals surface area contributed by atoms with E-state index in [4.69, 9.17) is 10.5 Å². The van der Waals surface area contributed by atoms with E-state index in [1.807, 2.05) is 0 Å². The molecule has 1 aliphatic rings. The standard InChI is InChI=1S/C13H28N2O/c1-12(14)5-3-4-8-15-11-13(2)6-9-16-10-7-13/h12,15H,3-11,14H2,1-2H3. The van der Waals surface area contributed by atoms with Gasteiger partial charge in [0.2, 0.25) is 0 Å². The van der Waals surface area contributed by atoms with Gasteiger partial charge in [0.1, 0.15) is 0 Å². The van der Waals surface area contributed by atoms with Crippen LogP contribution in [0.1, 0.15) is 46.0 Å². The predicted octanol–water partition coefficient (Wildman–Crippen LogP) is 1.91. The smallest absolute Gasteiger partial charge is 0.0471 e. The third-order valence-electron chi connectivity index (χ3n) is 3.51. The lowest BCUT2D eigenvalue weighted by Gasteiger charge is -2.33. The van der Waals surface area contributed by atoms with Crippen molar-refractivity contribution in [2.45, 2.75) is 52.0 Å². The first-order chi connectivity index (χ1) is 7.62. The van der Waals surface area contributed by atoms with Gasteiger partial charge in [-0.1, -0.05) is 13.3 Å². The van der Waals surface area contributed by atoms with E-state index in [2.05, 4.69) is 19.2 Å². The molecule has 3 N–H and O–H groups in total. The number of unbranched alkanes of at least 4 members (excludes halogenated alkanes) is 1. The highest BCUT2D eigenvalue weighted by molar-refractivity contribution is 4.79. The highest BCUT2D eigenvalue weighted by Gasteiger charge is 2.26. The van der Waals surface area contributed by atoms with Crippen molar-refractivity contribution in [2.24, 2.45) is 11.1 Å². The van der Waals surface area contributed by atoms with Crippen LogP contribution in [0.4, 0.5) is 0 Å². The fourth-order valence-electron chi connectivity index (χ4n) is 2.15. The molecule has 0 bridgehead atoms. The summed E-state index contributed by atoms with van der Waals surface area (Å²) in [6.07, 6.45) is 6.02. The second-order valence-electron chi connectivity index (χ2n) is 5.57. The maximum absolute atomic E-state index is 5.71. The van der Waals surface area contributed by atoms with Crippen LogP contribution in [0.5, 0.6) is 0 Å². The van der Waals surface area contributed by atoms with E-state index < -0.39 is 0 Å². The molecule has 0 aromatic rings. The molecule has 0 amide bonds. The summed E-state index contributed by atoms with van der Waals surface area (Å²) in [6.45, 7) is 8.57. The Morgan fingerprint density at radius 1 is 1.31 bits per heavy atom. The van der Waals surface area contributed by atoms with Gasteiger partial charge in [0.05, 0.1) is 0 Å². The van der Waals surface area contributed by atoms with Gasteiger partial charge in [0.25, 0.3) is 0 Å². The van der Waals surface area contributed by atoms with E-state index in [1.54, 1.807) is 0 Å². The predicted molar refractivity (Wildman–Crippen MR) is 68.5 cm³/mol. The maximum atomic E-state index is 5.71. The van der Waals surface area contributed by atoms with E-state index in [0.29, 0.717) is 11.5 Å². The summed E-state index contributed by atoms with van der Waals surface area (Å²) in [5, 5.41) is 3.57. The maximum Gasteiger partial charge on any atom is 0.0471 e. The van der Waals surface area contributed by atoms with E-state index in [1.165, 1.54) is 25.7 Å². The average Bonchev–Trinajstić information content (AvgIpc) is 2.24. The van der Waals surface area contributed by atoms with Gasteiger partial charge >= 0.3 is 0 Å². The van der Waals surface area contributed by atoms with Crippen molar-refractivity contribution in [1.82, 2.24) is 5.32 Å². The number of nitrogens with two attached hydrogens (primary N) is 1. The molecule has 16 heavy (non-hydrogen) atoms. The first kappa shape index (κ1) is 13.9. The second-order valence-corrected chi connectivity index (χ2v) is 5.57. The van der Waals surface area contributed by atoms with Gasteiger partial charge < -0.3 is 15.8 Å². The average molecular weight is 228 g/mol. The molecule has 1 unspecified atom stereocenters. The molecule has 0 spiro atoms. The number of nitrogens with one attached hydrogen (secondary N) is 1. The van der Waals surface area contributed by atoms with Gasteiger partial charge in [0.15, 0.2) is 0 Å². The molecule has 1 rings (SSSR count). The van der Waals surface area contributed by atoms with Gasteiger partial charge in [-0.3, -0.25) is 0 Å². The monoisotopic (exact) mass is 228 g/mol. The summed E-state index contributed by atoms with van der Waals surface area (Å²) in [4.78, 5) is 0. The van der Waals surface area contributed by atoms with Gasteiger partial charge in [-0.25, -0.2) is 0 Å². The topological polar surface area (TPSA) is 47.3 Å². The van der Waals surface area contributed by atoms with Crippen molar-refractivity contribution < 1.29 is 4.74 Å². The zero-order valence-electron chi connectivity index (χ0n) is 10.9. The van der Waals surface area contributed by atoms with Crippen LogP contribution in [0.15, 0.2) is 0 Å². The minimum atomic E-state index is 0.355. The lowest BCUT2D eigenvalue weighted by Crippen LogP contribution is -2.37. The summed E-state index contributed by atoms with van der Waals surface area (Å²) in [7, 11) is 0. The first-order valence-corrected chi connectivity index (χ1v) is 6.66. The van der Waals surface area contributed by atoms with Gasteiger partial charge in [-0.15, -0.1) is 0 Å². The molecule has 3 nitrogen and oxygen atoms in total. The summed E-state index contributed by atoms with van der Waals surface area (Å²) >= 11 is 0. The molecule has 1 fully saturated rings. The number of ether oxygens (including phenoxy) is 1. The Balaban J connectivity index is 1.97. The molecular weight excluding hydrogens is 200 g/mol. The Bertz CT molecular complexity index is 177. The van der Waals surface area contributed by atoms with Crippen LogP contribution in [0.3, 0.4) is 0 Å². The van der Waals surface area contributed by atoms with E-state index in [0.717, 1.165) is 32.7 Å². The van der Waals surface area contributed by atoms with Gasteiger partial charge in [-0.2, -0.15) is 0 Å². The third-order valence-corrected chi connectivity index (χ3v) is 3.51. The Kier molecular flexibility index (Phi) is 6.32. The minimum Gasteiger partial charge on any atom is -0.381 e. The van der Waals surface area contributed by atoms with Crippen LogP contribution in [0, 0.1) is 5.41 Å². The quantitative estimate of drug-likeness (QED) is 0.654. The first-order valence-electron chi connectivity index (χ1n) is 6.66.